The van der Waals surface area contributed by atoms with Gasteiger partial charge in [0.2, 0.25) is 5.91 Å². The van der Waals surface area contributed by atoms with E-state index in [2.05, 4.69) is 30.9 Å². The van der Waals surface area contributed by atoms with Crippen molar-refractivity contribution in [2.45, 2.75) is 83.2 Å². The van der Waals surface area contributed by atoms with Gasteiger partial charge in [0.15, 0.2) is 0 Å². The molecule has 2 heteroatoms. The molecule has 0 radical (unpaired) electrons. The summed E-state index contributed by atoms with van der Waals surface area (Å²) in [6.07, 6.45) is 10.1. The van der Waals surface area contributed by atoms with Crippen molar-refractivity contribution >= 4 is 5.91 Å². The number of hydrogen-bond acceptors (Lipinski definition) is 1. The SMILES string of the molecule is CCC[C@H]1CC[C@H](N(C(=O)C(C)c2ccccc2)C2CC2)CC1. The van der Waals surface area contributed by atoms with Crippen LogP contribution in [0.2, 0.25) is 0 Å². The summed E-state index contributed by atoms with van der Waals surface area (Å²) in [5.74, 6) is 1.25. The Bertz CT molecular complexity index is 500. The number of benzene rings is 1. The van der Waals surface area contributed by atoms with Gasteiger partial charge in [-0.05, 0) is 56.9 Å². The van der Waals surface area contributed by atoms with Gasteiger partial charge in [-0.2, -0.15) is 0 Å². The fourth-order valence-corrected chi connectivity index (χ4v) is 4.24. The number of amides is 1. The first-order valence-electron chi connectivity index (χ1n) is 9.57. The topological polar surface area (TPSA) is 20.3 Å². The quantitative estimate of drug-likeness (QED) is 0.712. The highest BCUT2D eigenvalue weighted by molar-refractivity contribution is 5.84. The molecule has 126 valence electrons. The molecule has 1 aromatic carbocycles. The second-order valence-corrected chi connectivity index (χ2v) is 7.57. The largest absolute Gasteiger partial charge is 0.336 e. The summed E-state index contributed by atoms with van der Waals surface area (Å²) in [7, 11) is 0. The van der Waals surface area contributed by atoms with E-state index in [1.807, 2.05) is 18.2 Å². The molecule has 1 atom stereocenters. The fourth-order valence-electron chi connectivity index (χ4n) is 4.24. The molecule has 0 aliphatic heterocycles. The summed E-state index contributed by atoms with van der Waals surface area (Å²) in [6, 6.07) is 11.3. The molecular weight excluding hydrogens is 282 g/mol. The molecule has 3 rings (SSSR count). The summed E-state index contributed by atoms with van der Waals surface area (Å²) in [6.45, 7) is 4.36. The molecule has 0 bridgehead atoms. The zero-order valence-corrected chi connectivity index (χ0v) is 14.7. The van der Waals surface area contributed by atoms with Crippen LogP contribution in [-0.2, 0) is 4.79 Å². The summed E-state index contributed by atoms with van der Waals surface area (Å²) >= 11 is 0. The lowest BCUT2D eigenvalue weighted by molar-refractivity contribution is -0.136. The van der Waals surface area contributed by atoms with Crippen molar-refractivity contribution in [2.24, 2.45) is 5.92 Å². The number of carbonyl (C=O) groups is 1. The van der Waals surface area contributed by atoms with E-state index < -0.39 is 0 Å². The van der Waals surface area contributed by atoms with Gasteiger partial charge in [-0.15, -0.1) is 0 Å². The standard InChI is InChI=1S/C21H31NO/c1-3-7-17-10-12-19(13-11-17)22(20-14-15-20)21(23)16(2)18-8-5-4-6-9-18/h4-6,8-9,16-17,19-20H,3,7,10-15H2,1-2H3/t16?,17-,19-. The molecular formula is C21H31NO. The van der Waals surface area contributed by atoms with Crippen LogP contribution in [-0.4, -0.2) is 22.9 Å². The molecule has 2 aliphatic carbocycles. The maximum absolute atomic E-state index is 13.2. The molecule has 0 spiro atoms. The molecule has 1 amide bonds. The van der Waals surface area contributed by atoms with Gasteiger partial charge < -0.3 is 4.90 Å². The molecule has 2 nitrogen and oxygen atoms in total. The number of hydrogen-bond donors (Lipinski definition) is 0. The van der Waals surface area contributed by atoms with Crippen LogP contribution in [0, 0.1) is 5.92 Å². The Morgan fingerprint density at radius 3 is 2.13 bits per heavy atom. The number of carbonyl (C=O) groups excluding carboxylic acids is 1. The monoisotopic (exact) mass is 313 g/mol. The zero-order chi connectivity index (χ0) is 16.2. The van der Waals surface area contributed by atoms with E-state index in [9.17, 15) is 4.79 Å². The molecule has 1 unspecified atom stereocenters. The van der Waals surface area contributed by atoms with Crippen LogP contribution in [0.15, 0.2) is 30.3 Å². The minimum absolute atomic E-state index is 0.00911. The van der Waals surface area contributed by atoms with Crippen molar-refractivity contribution in [1.82, 2.24) is 4.90 Å². The summed E-state index contributed by atoms with van der Waals surface area (Å²) in [4.78, 5) is 15.4. The molecule has 2 aliphatic rings. The Morgan fingerprint density at radius 1 is 1.04 bits per heavy atom. The van der Waals surface area contributed by atoms with E-state index in [0.717, 1.165) is 11.5 Å². The average Bonchev–Trinajstić information content (AvgIpc) is 3.42. The predicted molar refractivity (Wildman–Crippen MR) is 95.4 cm³/mol. The van der Waals surface area contributed by atoms with Crippen molar-refractivity contribution in [3.8, 4) is 0 Å². The molecule has 0 N–H and O–H groups in total. The Balaban J connectivity index is 1.66. The minimum atomic E-state index is -0.00911. The lowest BCUT2D eigenvalue weighted by atomic mass is 9.82. The van der Waals surface area contributed by atoms with E-state index in [0.29, 0.717) is 18.0 Å². The predicted octanol–water partition coefficient (Wildman–Crippen LogP) is 5.14. The number of nitrogens with zero attached hydrogens (tertiary/aromatic N) is 1. The lowest BCUT2D eigenvalue weighted by Crippen LogP contribution is -2.45. The molecule has 2 fully saturated rings. The fraction of sp³-hybridized carbons (Fsp3) is 0.667. The summed E-state index contributed by atoms with van der Waals surface area (Å²) in [5.41, 5.74) is 1.16. The van der Waals surface area contributed by atoms with Crippen LogP contribution in [0.1, 0.15) is 76.7 Å². The lowest BCUT2D eigenvalue weighted by Gasteiger charge is -2.38. The van der Waals surface area contributed by atoms with Crippen molar-refractivity contribution < 1.29 is 4.79 Å². The minimum Gasteiger partial charge on any atom is -0.336 e. The second-order valence-electron chi connectivity index (χ2n) is 7.57. The van der Waals surface area contributed by atoms with Crippen molar-refractivity contribution in [1.29, 1.82) is 0 Å². The van der Waals surface area contributed by atoms with Crippen molar-refractivity contribution in [2.75, 3.05) is 0 Å². The van der Waals surface area contributed by atoms with Gasteiger partial charge >= 0.3 is 0 Å². The van der Waals surface area contributed by atoms with Crippen LogP contribution in [0.4, 0.5) is 0 Å². The van der Waals surface area contributed by atoms with Crippen LogP contribution >= 0.6 is 0 Å². The van der Waals surface area contributed by atoms with Gasteiger partial charge in [0.05, 0.1) is 5.92 Å². The first-order valence-corrected chi connectivity index (χ1v) is 9.57. The highest BCUT2D eigenvalue weighted by atomic mass is 16.2. The van der Waals surface area contributed by atoms with Gasteiger partial charge in [0.25, 0.3) is 0 Å². The molecule has 1 aromatic rings. The van der Waals surface area contributed by atoms with Crippen LogP contribution in [0.5, 0.6) is 0 Å². The van der Waals surface area contributed by atoms with E-state index in [1.165, 1.54) is 51.4 Å². The van der Waals surface area contributed by atoms with Gasteiger partial charge in [-0.3, -0.25) is 4.79 Å². The maximum atomic E-state index is 13.2. The third-order valence-corrected chi connectivity index (χ3v) is 5.77. The first kappa shape index (κ1) is 16.5. The molecule has 0 heterocycles. The highest BCUT2D eigenvalue weighted by Gasteiger charge is 2.40. The van der Waals surface area contributed by atoms with Crippen LogP contribution in [0.3, 0.4) is 0 Å². The van der Waals surface area contributed by atoms with Crippen LogP contribution < -0.4 is 0 Å². The Hall–Kier alpha value is -1.31. The molecule has 2 saturated carbocycles. The number of rotatable bonds is 6. The Kier molecular flexibility index (Phi) is 5.40. The van der Waals surface area contributed by atoms with E-state index in [1.54, 1.807) is 0 Å². The molecule has 23 heavy (non-hydrogen) atoms. The first-order chi connectivity index (χ1) is 11.2. The average molecular weight is 313 g/mol. The normalized spacial score (nSPS) is 25.8. The van der Waals surface area contributed by atoms with Gasteiger partial charge in [-0.1, -0.05) is 50.1 Å². The molecule has 0 aromatic heterocycles. The smallest absolute Gasteiger partial charge is 0.230 e. The second kappa shape index (κ2) is 7.51. The zero-order valence-electron chi connectivity index (χ0n) is 14.7. The van der Waals surface area contributed by atoms with Gasteiger partial charge in [-0.25, -0.2) is 0 Å². The van der Waals surface area contributed by atoms with E-state index in [-0.39, 0.29) is 5.92 Å². The highest BCUT2D eigenvalue weighted by Crippen LogP contribution is 2.38. The Labute approximate surface area is 141 Å². The summed E-state index contributed by atoms with van der Waals surface area (Å²) < 4.78 is 0. The van der Waals surface area contributed by atoms with Crippen LogP contribution in [0.25, 0.3) is 0 Å². The summed E-state index contributed by atoms with van der Waals surface area (Å²) in [5, 5.41) is 0. The Morgan fingerprint density at radius 2 is 1.61 bits per heavy atom. The maximum Gasteiger partial charge on any atom is 0.230 e. The van der Waals surface area contributed by atoms with Gasteiger partial charge in [0.1, 0.15) is 0 Å². The van der Waals surface area contributed by atoms with Gasteiger partial charge in [0, 0.05) is 12.1 Å². The van der Waals surface area contributed by atoms with Crippen molar-refractivity contribution in [3.63, 3.8) is 0 Å². The van der Waals surface area contributed by atoms with E-state index >= 15 is 0 Å². The van der Waals surface area contributed by atoms with E-state index in [4.69, 9.17) is 0 Å². The van der Waals surface area contributed by atoms with Crippen molar-refractivity contribution in [3.05, 3.63) is 35.9 Å². The third kappa shape index (κ3) is 3.97. The third-order valence-electron chi connectivity index (χ3n) is 5.77. The molecule has 0 saturated heterocycles.